The molecule has 0 aliphatic carbocycles. The molecule has 98 valence electrons. The third-order valence-corrected chi connectivity index (χ3v) is 2.48. The van der Waals surface area contributed by atoms with E-state index in [2.05, 4.69) is 20.5 Å². The van der Waals surface area contributed by atoms with E-state index in [1.165, 1.54) is 6.33 Å². The zero-order valence-corrected chi connectivity index (χ0v) is 9.88. The van der Waals surface area contributed by atoms with Crippen LogP contribution in [-0.4, -0.2) is 27.4 Å². The second-order valence-corrected chi connectivity index (χ2v) is 4.17. The predicted octanol–water partition coefficient (Wildman–Crippen LogP) is 2.58. The van der Waals surface area contributed by atoms with Crippen molar-refractivity contribution in [2.75, 3.05) is 0 Å². The summed E-state index contributed by atoms with van der Waals surface area (Å²) in [5.41, 5.74) is 0. The number of aromatic amines is 1. The first kappa shape index (κ1) is 14.0. The maximum absolute atomic E-state index is 11.9. The molecule has 0 saturated carbocycles. The van der Waals surface area contributed by atoms with E-state index < -0.39 is 12.6 Å². The predicted molar refractivity (Wildman–Crippen MR) is 57.3 cm³/mol. The van der Waals surface area contributed by atoms with Crippen molar-refractivity contribution in [2.45, 2.75) is 51.4 Å². The van der Waals surface area contributed by atoms with Gasteiger partial charge < -0.3 is 5.32 Å². The number of hydrogen-bond donors (Lipinski definition) is 2. The highest BCUT2D eigenvalue weighted by Crippen LogP contribution is 2.22. The summed E-state index contributed by atoms with van der Waals surface area (Å²) >= 11 is 0. The molecule has 1 aromatic heterocycles. The van der Waals surface area contributed by atoms with Crippen molar-refractivity contribution in [3.8, 4) is 0 Å². The lowest BCUT2D eigenvalue weighted by molar-refractivity contribution is -0.135. The average Bonchev–Trinajstić information content (AvgIpc) is 2.67. The molecule has 0 aliphatic heterocycles. The summed E-state index contributed by atoms with van der Waals surface area (Å²) in [4.78, 5) is 3.98. The topological polar surface area (TPSA) is 53.6 Å². The molecule has 0 fully saturated rings. The minimum Gasteiger partial charge on any atom is -0.305 e. The van der Waals surface area contributed by atoms with Crippen LogP contribution in [0.4, 0.5) is 13.2 Å². The number of nitrogens with one attached hydrogen (secondary N) is 2. The van der Waals surface area contributed by atoms with Gasteiger partial charge in [-0.15, -0.1) is 0 Å². The fourth-order valence-corrected chi connectivity index (χ4v) is 1.62. The molecule has 0 saturated heterocycles. The van der Waals surface area contributed by atoms with Gasteiger partial charge in [0.25, 0.3) is 0 Å². The van der Waals surface area contributed by atoms with Crippen LogP contribution in [0.25, 0.3) is 0 Å². The van der Waals surface area contributed by atoms with Gasteiger partial charge >= 0.3 is 6.18 Å². The van der Waals surface area contributed by atoms with E-state index in [0.717, 1.165) is 0 Å². The van der Waals surface area contributed by atoms with Crippen LogP contribution in [0.5, 0.6) is 0 Å². The smallest absolute Gasteiger partial charge is 0.305 e. The maximum Gasteiger partial charge on any atom is 0.389 e. The van der Waals surface area contributed by atoms with Gasteiger partial charge in [-0.05, 0) is 26.7 Å². The molecule has 0 aromatic carbocycles. The number of halogens is 3. The van der Waals surface area contributed by atoms with Gasteiger partial charge in [0, 0.05) is 12.5 Å². The van der Waals surface area contributed by atoms with E-state index in [1.54, 1.807) is 0 Å². The molecule has 1 rings (SSSR count). The Bertz CT molecular complexity index is 310. The molecular weight excluding hydrogens is 233 g/mol. The molecule has 7 heteroatoms. The zero-order chi connectivity index (χ0) is 12.9. The second-order valence-electron chi connectivity index (χ2n) is 4.17. The first-order chi connectivity index (χ1) is 7.88. The van der Waals surface area contributed by atoms with Crippen LogP contribution in [0.1, 0.15) is 45.0 Å². The highest BCUT2D eigenvalue weighted by atomic mass is 19.4. The average molecular weight is 250 g/mol. The number of hydrogen-bond acceptors (Lipinski definition) is 3. The lowest BCUT2D eigenvalue weighted by Gasteiger charge is -2.18. The molecule has 2 atom stereocenters. The van der Waals surface area contributed by atoms with Gasteiger partial charge in [0.15, 0.2) is 0 Å². The molecule has 2 unspecified atom stereocenters. The Balaban J connectivity index is 2.23. The molecular formula is C10H17F3N4. The third-order valence-electron chi connectivity index (χ3n) is 2.48. The molecule has 2 N–H and O–H groups in total. The van der Waals surface area contributed by atoms with Crippen LogP contribution in [0.15, 0.2) is 6.33 Å². The lowest BCUT2D eigenvalue weighted by Crippen LogP contribution is -2.29. The van der Waals surface area contributed by atoms with Gasteiger partial charge in [0.05, 0.1) is 6.04 Å². The molecule has 1 heterocycles. The number of aromatic nitrogens is 3. The molecule has 17 heavy (non-hydrogen) atoms. The minimum absolute atomic E-state index is 0.0115. The fraction of sp³-hybridized carbons (Fsp3) is 0.800. The standard InChI is InChI=1S/C10H17F3N4/c1-7(4-3-5-10(11,12)13)16-8(2)9-14-6-15-17-9/h6-8,16H,3-5H2,1-2H3,(H,14,15,17). The summed E-state index contributed by atoms with van der Waals surface area (Å²) < 4.78 is 35.8. The summed E-state index contributed by atoms with van der Waals surface area (Å²) in [6, 6.07) is -0.0316. The van der Waals surface area contributed by atoms with Crippen molar-refractivity contribution in [1.29, 1.82) is 0 Å². The minimum atomic E-state index is -4.06. The van der Waals surface area contributed by atoms with Crippen molar-refractivity contribution in [2.24, 2.45) is 0 Å². The Morgan fingerprint density at radius 2 is 2.12 bits per heavy atom. The number of H-pyrrole nitrogens is 1. The number of nitrogens with zero attached hydrogens (tertiary/aromatic N) is 2. The summed E-state index contributed by atoms with van der Waals surface area (Å²) in [5.74, 6) is 0.688. The summed E-state index contributed by atoms with van der Waals surface area (Å²) in [6.45, 7) is 3.75. The monoisotopic (exact) mass is 250 g/mol. The Labute approximate surface area is 98.0 Å². The summed E-state index contributed by atoms with van der Waals surface area (Å²) in [7, 11) is 0. The third kappa shape index (κ3) is 5.67. The van der Waals surface area contributed by atoms with Gasteiger partial charge in [0.1, 0.15) is 12.2 Å². The lowest BCUT2D eigenvalue weighted by atomic mass is 10.1. The van der Waals surface area contributed by atoms with Crippen molar-refractivity contribution >= 4 is 0 Å². The van der Waals surface area contributed by atoms with Crippen LogP contribution in [0, 0.1) is 0 Å². The summed E-state index contributed by atoms with van der Waals surface area (Å²) in [6.07, 6.45) is -2.76. The van der Waals surface area contributed by atoms with Crippen molar-refractivity contribution < 1.29 is 13.2 Å². The van der Waals surface area contributed by atoms with E-state index in [1.807, 2.05) is 13.8 Å². The summed E-state index contributed by atoms with van der Waals surface area (Å²) in [5, 5.41) is 9.61. The van der Waals surface area contributed by atoms with E-state index in [0.29, 0.717) is 12.2 Å². The highest BCUT2D eigenvalue weighted by molar-refractivity contribution is 4.89. The Hall–Kier alpha value is -1.11. The van der Waals surface area contributed by atoms with Crippen molar-refractivity contribution in [1.82, 2.24) is 20.5 Å². The van der Waals surface area contributed by atoms with Crippen molar-refractivity contribution in [3.05, 3.63) is 12.2 Å². The maximum atomic E-state index is 11.9. The van der Waals surface area contributed by atoms with Crippen LogP contribution in [0.3, 0.4) is 0 Å². The first-order valence-electron chi connectivity index (χ1n) is 5.56. The zero-order valence-electron chi connectivity index (χ0n) is 9.88. The molecule has 0 spiro atoms. The fourth-order valence-electron chi connectivity index (χ4n) is 1.62. The molecule has 4 nitrogen and oxygen atoms in total. The first-order valence-corrected chi connectivity index (χ1v) is 5.56. The van der Waals surface area contributed by atoms with Gasteiger partial charge in [-0.25, -0.2) is 4.98 Å². The normalized spacial score (nSPS) is 15.8. The van der Waals surface area contributed by atoms with Gasteiger partial charge in [-0.1, -0.05) is 0 Å². The molecule has 0 radical (unpaired) electrons. The van der Waals surface area contributed by atoms with Crippen LogP contribution >= 0.6 is 0 Å². The highest BCUT2D eigenvalue weighted by Gasteiger charge is 2.26. The Morgan fingerprint density at radius 1 is 1.41 bits per heavy atom. The van der Waals surface area contributed by atoms with Crippen LogP contribution in [-0.2, 0) is 0 Å². The SMILES string of the molecule is CC(CCCC(F)(F)F)NC(C)c1ncn[nH]1. The van der Waals surface area contributed by atoms with Gasteiger partial charge in [-0.3, -0.25) is 5.10 Å². The number of rotatable bonds is 6. The van der Waals surface area contributed by atoms with Gasteiger partial charge in [-0.2, -0.15) is 18.3 Å². The van der Waals surface area contributed by atoms with Crippen LogP contribution in [0.2, 0.25) is 0 Å². The molecule has 0 bridgehead atoms. The molecule has 1 aromatic rings. The van der Waals surface area contributed by atoms with E-state index in [9.17, 15) is 13.2 Å². The van der Waals surface area contributed by atoms with E-state index in [-0.39, 0.29) is 18.5 Å². The largest absolute Gasteiger partial charge is 0.389 e. The molecule has 0 amide bonds. The molecule has 0 aliphatic rings. The van der Waals surface area contributed by atoms with Crippen molar-refractivity contribution in [3.63, 3.8) is 0 Å². The number of alkyl halides is 3. The Kier molecular flexibility index (Phi) is 4.92. The van der Waals surface area contributed by atoms with Crippen LogP contribution < -0.4 is 5.32 Å². The van der Waals surface area contributed by atoms with Gasteiger partial charge in [0.2, 0.25) is 0 Å². The van der Waals surface area contributed by atoms with E-state index >= 15 is 0 Å². The quantitative estimate of drug-likeness (QED) is 0.815. The van der Waals surface area contributed by atoms with E-state index in [4.69, 9.17) is 0 Å². The Morgan fingerprint density at radius 3 is 2.65 bits per heavy atom. The second kappa shape index (κ2) is 6.00.